The third-order valence-corrected chi connectivity index (χ3v) is 5.35. The summed E-state index contributed by atoms with van der Waals surface area (Å²) in [6.45, 7) is 2.57. The summed E-state index contributed by atoms with van der Waals surface area (Å²) < 4.78 is 28.5. The average molecular weight is 348 g/mol. The van der Waals surface area contributed by atoms with E-state index in [2.05, 4.69) is 20.2 Å². The second-order valence-electron chi connectivity index (χ2n) is 5.55. The SMILES string of the molecule is O=S1(=O)CCN(CCNc2nccc(Oc3ccccc3)n2)CC1. The molecule has 0 aliphatic carbocycles. The predicted molar refractivity (Wildman–Crippen MR) is 92.1 cm³/mol. The van der Waals surface area contributed by atoms with E-state index in [1.165, 1.54) is 0 Å². The number of nitrogens with zero attached hydrogens (tertiary/aromatic N) is 3. The molecule has 2 heterocycles. The Bertz CT molecular complexity index is 754. The van der Waals surface area contributed by atoms with Crippen LogP contribution in [0, 0.1) is 0 Å². The summed E-state index contributed by atoms with van der Waals surface area (Å²) in [4.78, 5) is 10.6. The van der Waals surface area contributed by atoms with E-state index in [9.17, 15) is 8.42 Å². The number of hydrogen-bond donors (Lipinski definition) is 1. The summed E-state index contributed by atoms with van der Waals surface area (Å²) in [6.07, 6.45) is 1.64. The molecule has 0 saturated carbocycles. The van der Waals surface area contributed by atoms with Crippen LogP contribution in [0.2, 0.25) is 0 Å². The van der Waals surface area contributed by atoms with Gasteiger partial charge in [0.25, 0.3) is 0 Å². The molecule has 0 bridgehead atoms. The standard InChI is InChI=1S/C16H20N4O3S/c21-24(22)12-10-20(11-13-24)9-8-18-16-17-7-6-15(19-16)23-14-4-2-1-3-5-14/h1-7H,8-13H2,(H,17,18,19). The Labute approximate surface area is 141 Å². The average Bonchev–Trinajstić information content (AvgIpc) is 2.58. The molecule has 0 spiro atoms. The fraction of sp³-hybridized carbons (Fsp3) is 0.375. The van der Waals surface area contributed by atoms with Crippen LogP contribution in [0.25, 0.3) is 0 Å². The first-order valence-corrected chi connectivity index (χ1v) is 9.65. The molecule has 7 nitrogen and oxygen atoms in total. The highest BCUT2D eigenvalue weighted by Crippen LogP contribution is 2.18. The zero-order valence-electron chi connectivity index (χ0n) is 13.3. The number of hydrogen-bond acceptors (Lipinski definition) is 7. The Morgan fingerprint density at radius 2 is 1.88 bits per heavy atom. The molecule has 1 fully saturated rings. The van der Waals surface area contributed by atoms with Crippen LogP contribution in [0.5, 0.6) is 11.6 Å². The van der Waals surface area contributed by atoms with Crippen LogP contribution in [-0.4, -0.2) is 61.0 Å². The lowest BCUT2D eigenvalue weighted by atomic mass is 10.3. The Morgan fingerprint density at radius 3 is 2.62 bits per heavy atom. The van der Waals surface area contributed by atoms with Gasteiger partial charge in [-0.05, 0) is 12.1 Å². The normalized spacial score (nSPS) is 17.3. The Balaban J connectivity index is 1.48. The van der Waals surface area contributed by atoms with Crippen molar-refractivity contribution in [3.8, 4) is 11.6 Å². The number of aromatic nitrogens is 2. The first-order chi connectivity index (χ1) is 11.6. The summed E-state index contributed by atoms with van der Waals surface area (Å²) in [5, 5.41) is 3.15. The van der Waals surface area contributed by atoms with Crippen LogP contribution >= 0.6 is 0 Å². The summed E-state index contributed by atoms with van der Waals surface area (Å²) in [7, 11) is -2.83. The number of benzene rings is 1. The predicted octanol–water partition coefficient (Wildman–Crippen LogP) is 1.41. The molecule has 3 rings (SSSR count). The molecule has 1 aliphatic rings. The molecule has 2 aromatic rings. The summed E-state index contributed by atoms with van der Waals surface area (Å²) in [5.41, 5.74) is 0. The number of sulfone groups is 1. The molecule has 1 aromatic carbocycles. The van der Waals surface area contributed by atoms with Gasteiger partial charge < -0.3 is 10.1 Å². The monoisotopic (exact) mass is 348 g/mol. The molecule has 1 saturated heterocycles. The van der Waals surface area contributed by atoms with Crippen molar-refractivity contribution >= 4 is 15.8 Å². The lowest BCUT2D eigenvalue weighted by Crippen LogP contribution is -2.42. The highest BCUT2D eigenvalue weighted by Gasteiger charge is 2.20. The Hall–Kier alpha value is -2.19. The van der Waals surface area contributed by atoms with Gasteiger partial charge in [0.05, 0.1) is 11.5 Å². The van der Waals surface area contributed by atoms with Gasteiger partial charge in [-0.1, -0.05) is 18.2 Å². The highest BCUT2D eigenvalue weighted by molar-refractivity contribution is 7.91. The zero-order chi connectivity index (χ0) is 16.8. The lowest BCUT2D eigenvalue weighted by Gasteiger charge is -2.26. The molecular formula is C16H20N4O3S. The van der Waals surface area contributed by atoms with Crippen LogP contribution in [0.15, 0.2) is 42.6 Å². The summed E-state index contributed by atoms with van der Waals surface area (Å²) >= 11 is 0. The van der Waals surface area contributed by atoms with Gasteiger partial charge in [0.15, 0.2) is 9.84 Å². The molecule has 0 radical (unpaired) electrons. The van der Waals surface area contributed by atoms with Crippen LogP contribution < -0.4 is 10.1 Å². The van der Waals surface area contributed by atoms with Gasteiger partial charge in [-0.3, -0.25) is 4.90 Å². The van der Waals surface area contributed by atoms with Gasteiger partial charge >= 0.3 is 0 Å². The maximum Gasteiger partial charge on any atom is 0.226 e. The van der Waals surface area contributed by atoms with E-state index in [4.69, 9.17) is 4.74 Å². The Morgan fingerprint density at radius 1 is 1.12 bits per heavy atom. The van der Waals surface area contributed by atoms with E-state index in [-0.39, 0.29) is 11.5 Å². The molecule has 0 atom stereocenters. The van der Waals surface area contributed by atoms with Gasteiger partial charge in [0.2, 0.25) is 11.8 Å². The number of ether oxygens (including phenoxy) is 1. The third-order valence-electron chi connectivity index (χ3n) is 3.74. The molecule has 8 heteroatoms. The van der Waals surface area contributed by atoms with Crippen molar-refractivity contribution in [1.29, 1.82) is 0 Å². The van der Waals surface area contributed by atoms with E-state index >= 15 is 0 Å². The van der Waals surface area contributed by atoms with Crippen molar-refractivity contribution in [2.45, 2.75) is 0 Å². The zero-order valence-corrected chi connectivity index (χ0v) is 14.1. The fourth-order valence-electron chi connectivity index (χ4n) is 2.39. The molecule has 1 aromatic heterocycles. The van der Waals surface area contributed by atoms with Gasteiger partial charge in [-0.2, -0.15) is 4.98 Å². The van der Waals surface area contributed by atoms with Crippen molar-refractivity contribution < 1.29 is 13.2 Å². The third kappa shape index (κ3) is 4.90. The number of anilines is 1. The number of para-hydroxylation sites is 1. The first-order valence-electron chi connectivity index (χ1n) is 7.83. The van der Waals surface area contributed by atoms with Crippen LogP contribution in [0.3, 0.4) is 0 Å². The molecule has 1 aliphatic heterocycles. The minimum absolute atomic E-state index is 0.240. The fourth-order valence-corrected chi connectivity index (χ4v) is 3.67. The lowest BCUT2D eigenvalue weighted by molar-refractivity contribution is 0.307. The molecule has 1 N–H and O–H groups in total. The maximum atomic E-state index is 11.4. The van der Waals surface area contributed by atoms with Crippen LogP contribution in [0.4, 0.5) is 5.95 Å². The number of nitrogens with one attached hydrogen (secondary N) is 1. The minimum Gasteiger partial charge on any atom is -0.439 e. The topological polar surface area (TPSA) is 84.4 Å². The van der Waals surface area contributed by atoms with Crippen LogP contribution in [0.1, 0.15) is 0 Å². The molecule has 0 unspecified atom stereocenters. The van der Waals surface area contributed by atoms with E-state index in [1.54, 1.807) is 12.3 Å². The molecule has 128 valence electrons. The Kier molecular flexibility index (Phi) is 5.27. The van der Waals surface area contributed by atoms with E-state index in [0.717, 1.165) is 12.3 Å². The first kappa shape index (κ1) is 16.7. The van der Waals surface area contributed by atoms with Crippen LogP contribution in [-0.2, 0) is 9.84 Å². The van der Waals surface area contributed by atoms with E-state index in [1.807, 2.05) is 30.3 Å². The molecule has 0 amide bonds. The summed E-state index contributed by atoms with van der Waals surface area (Å²) in [6, 6.07) is 11.1. The quantitative estimate of drug-likeness (QED) is 0.845. The van der Waals surface area contributed by atoms with E-state index in [0.29, 0.717) is 31.5 Å². The van der Waals surface area contributed by atoms with Crippen molar-refractivity contribution in [2.75, 3.05) is 43.0 Å². The van der Waals surface area contributed by atoms with E-state index < -0.39 is 9.84 Å². The van der Waals surface area contributed by atoms with Crippen molar-refractivity contribution in [3.63, 3.8) is 0 Å². The number of rotatable bonds is 6. The van der Waals surface area contributed by atoms with Gasteiger partial charge in [0.1, 0.15) is 5.75 Å². The minimum atomic E-state index is -2.83. The molecular weight excluding hydrogens is 328 g/mol. The maximum absolute atomic E-state index is 11.4. The molecule has 24 heavy (non-hydrogen) atoms. The van der Waals surface area contributed by atoms with Gasteiger partial charge in [-0.25, -0.2) is 13.4 Å². The second kappa shape index (κ2) is 7.59. The highest BCUT2D eigenvalue weighted by atomic mass is 32.2. The van der Waals surface area contributed by atoms with Crippen molar-refractivity contribution in [2.24, 2.45) is 0 Å². The van der Waals surface area contributed by atoms with Gasteiger partial charge in [-0.15, -0.1) is 0 Å². The smallest absolute Gasteiger partial charge is 0.226 e. The van der Waals surface area contributed by atoms with Crippen molar-refractivity contribution in [3.05, 3.63) is 42.6 Å². The largest absolute Gasteiger partial charge is 0.439 e. The van der Waals surface area contributed by atoms with Crippen molar-refractivity contribution in [1.82, 2.24) is 14.9 Å². The van der Waals surface area contributed by atoms with Gasteiger partial charge in [0, 0.05) is 38.4 Å². The summed E-state index contributed by atoms with van der Waals surface area (Å²) in [5.74, 6) is 2.17. The second-order valence-corrected chi connectivity index (χ2v) is 7.86.